The van der Waals surface area contributed by atoms with Gasteiger partial charge in [0, 0.05) is 43.5 Å². The molecule has 3 rings (SSSR count). The minimum absolute atomic E-state index is 0.115. The first-order valence-corrected chi connectivity index (χ1v) is 10.4. The van der Waals surface area contributed by atoms with E-state index in [1.807, 2.05) is 24.3 Å². The fourth-order valence-corrected chi connectivity index (χ4v) is 3.31. The maximum absolute atomic E-state index is 12.8. The van der Waals surface area contributed by atoms with Gasteiger partial charge in [-0.15, -0.1) is 0 Å². The van der Waals surface area contributed by atoms with E-state index in [9.17, 15) is 30.4 Å². The Morgan fingerprint density at radius 2 is 2.06 bits per heavy atom. The van der Waals surface area contributed by atoms with Crippen molar-refractivity contribution in [3.05, 3.63) is 57.6 Å². The summed E-state index contributed by atoms with van der Waals surface area (Å²) in [6.45, 7) is 2.26. The second kappa shape index (κ2) is 10.4. The van der Waals surface area contributed by atoms with Crippen molar-refractivity contribution in [1.29, 1.82) is 5.26 Å². The number of hydrogen-bond acceptors (Lipinski definition) is 9. The van der Waals surface area contributed by atoms with Crippen LogP contribution in [0.3, 0.4) is 0 Å². The van der Waals surface area contributed by atoms with Gasteiger partial charge < -0.3 is 29.5 Å². The Kier molecular flexibility index (Phi) is 7.43. The molecule has 1 amide bonds. The number of anilines is 1. The molecule has 2 N–H and O–H groups in total. The molecular weight excluding hydrogens is 444 g/mol. The van der Waals surface area contributed by atoms with Gasteiger partial charge in [0.2, 0.25) is 5.75 Å². The average Bonchev–Trinajstić information content (AvgIpc) is 2.78. The minimum atomic E-state index is -0.872. The zero-order valence-electron chi connectivity index (χ0n) is 18.7. The zero-order chi connectivity index (χ0) is 24.8. The molecule has 1 aliphatic rings. The SMILES string of the molecule is COc1cc(/C(O)=C(\C#N)C(=O)N(C)CCOc2cccc(N3CCC3)c2)cc([N+](=O)[O-])c1O. The molecule has 1 fully saturated rings. The molecule has 1 heterocycles. The van der Waals surface area contributed by atoms with Gasteiger partial charge in [-0.1, -0.05) is 6.07 Å². The minimum Gasteiger partial charge on any atom is -0.506 e. The second-order valence-electron chi connectivity index (χ2n) is 7.55. The first-order valence-electron chi connectivity index (χ1n) is 10.4. The van der Waals surface area contributed by atoms with Crippen LogP contribution in [-0.4, -0.2) is 66.3 Å². The molecule has 1 saturated heterocycles. The lowest BCUT2D eigenvalue weighted by Crippen LogP contribution is -2.36. The van der Waals surface area contributed by atoms with Crippen LogP contribution in [0.4, 0.5) is 11.4 Å². The number of carbonyl (C=O) groups excluding carboxylic acids is 1. The lowest BCUT2D eigenvalue weighted by atomic mass is 10.1. The molecule has 2 aromatic rings. The van der Waals surface area contributed by atoms with Crippen LogP contribution in [0.1, 0.15) is 12.0 Å². The third kappa shape index (κ3) is 5.12. The van der Waals surface area contributed by atoms with Crippen molar-refractivity contribution >= 4 is 23.0 Å². The van der Waals surface area contributed by atoms with Gasteiger partial charge in [0.15, 0.2) is 11.3 Å². The number of likely N-dealkylation sites (N-methyl/N-ethyl adjacent to an activating group) is 1. The number of aliphatic hydroxyl groups is 1. The average molecular weight is 468 g/mol. The molecule has 0 radical (unpaired) electrons. The van der Waals surface area contributed by atoms with Crippen molar-refractivity contribution in [2.45, 2.75) is 6.42 Å². The molecule has 178 valence electrons. The highest BCUT2D eigenvalue weighted by molar-refractivity contribution is 6.03. The van der Waals surface area contributed by atoms with Crippen LogP contribution >= 0.6 is 0 Å². The predicted molar refractivity (Wildman–Crippen MR) is 123 cm³/mol. The molecule has 0 spiro atoms. The number of rotatable bonds is 9. The smallest absolute Gasteiger partial charge is 0.315 e. The van der Waals surface area contributed by atoms with Crippen LogP contribution in [0.15, 0.2) is 42.0 Å². The molecule has 11 heteroatoms. The lowest BCUT2D eigenvalue weighted by molar-refractivity contribution is -0.386. The topological polar surface area (TPSA) is 149 Å². The number of carbonyl (C=O) groups is 1. The highest BCUT2D eigenvalue weighted by Gasteiger charge is 2.25. The fourth-order valence-electron chi connectivity index (χ4n) is 3.31. The van der Waals surface area contributed by atoms with Crippen molar-refractivity contribution in [2.75, 3.05) is 45.3 Å². The molecule has 0 unspecified atom stereocenters. The monoisotopic (exact) mass is 468 g/mol. The number of nitro benzene ring substituents is 1. The van der Waals surface area contributed by atoms with Crippen molar-refractivity contribution in [3.63, 3.8) is 0 Å². The van der Waals surface area contributed by atoms with Gasteiger partial charge in [0.25, 0.3) is 5.91 Å². The molecule has 1 aliphatic heterocycles. The van der Waals surface area contributed by atoms with E-state index in [0.29, 0.717) is 5.75 Å². The van der Waals surface area contributed by atoms with E-state index in [2.05, 4.69) is 4.90 Å². The highest BCUT2D eigenvalue weighted by Crippen LogP contribution is 2.38. The summed E-state index contributed by atoms with van der Waals surface area (Å²) in [5.41, 5.74) is -0.526. The first kappa shape index (κ1) is 24.2. The van der Waals surface area contributed by atoms with Crippen LogP contribution in [0.25, 0.3) is 5.76 Å². The van der Waals surface area contributed by atoms with Crippen LogP contribution in [0.5, 0.6) is 17.2 Å². The Balaban J connectivity index is 1.72. The van der Waals surface area contributed by atoms with Gasteiger partial charge >= 0.3 is 5.69 Å². The number of benzene rings is 2. The maximum Gasteiger partial charge on any atom is 0.315 e. The first-order chi connectivity index (χ1) is 16.3. The van der Waals surface area contributed by atoms with Gasteiger partial charge in [-0.05, 0) is 24.6 Å². The van der Waals surface area contributed by atoms with Crippen molar-refractivity contribution < 1.29 is 29.4 Å². The van der Waals surface area contributed by atoms with E-state index in [1.165, 1.54) is 19.1 Å². The number of nitriles is 1. The van der Waals surface area contributed by atoms with Crippen LogP contribution in [0.2, 0.25) is 0 Å². The fraction of sp³-hybridized carbons (Fsp3) is 0.304. The van der Waals surface area contributed by atoms with E-state index >= 15 is 0 Å². The Hall–Kier alpha value is -4.46. The molecule has 0 aliphatic carbocycles. The molecular formula is C23H24N4O7. The number of aliphatic hydroxyl groups excluding tert-OH is 1. The Morgan fingerprint density at radius 1 is 1.32 bits per heavy atom. The number of aromatic hydroxyl groups is 1. The summed E-state index contributed by atoms with van der Waals surface area (Å²) < 4.78 is 10.6. The predicted octanol–water partition coefficient (Wildman–Crippen LogP) is 2.85. The summed E-state index contributed by atoms with van der Waals surface area (Å²) in [5.74, 6) is -1.95. The molecule has 0 atom stereocenters. The maximum atomic E-state index is 12.8. The van der Waals surface area contributed by atoms with Crippen molar-refractivity contribution in [1.82, 2.24) is 4.90 Å². The number of phenols is 1. The van der Waals surface area contributed by atoms with E-state index in [-0.39, 0.29) is 24.5 Å². The molecule has 11 nitrogen and oxygen atoms in total. The van der Waals surface area contributed by atoms with E-state index in [1.54, 1.807) is 6.07 Å². The molecule has 34 heavy (non-hydrogen) atoms. The Labute approximate surface area is 195 Å². The number of nitrogens with zero attached hydrogens (tertiary/aromatic N) is 4. The Morgan fingerprint density at radius 3 is 2.65 bits per heavy atom. The highest BCUT2D eigenvalue weighted by atomic mass is 16.6. The number of ether oxygens (including phenoxy) is 2. The number of methoxy groups -OCH3 is 1. The molecule has 0 saturated carbocycles. The van der Waals surface area contributed by atoms with Crippen molar-refractivity contribution in [3.8, 4) is 23.3 Å². The number of amides is 1. The Bertz CT molecular complexity index is 1170. The largest absolute Gasteiger partial charge is 0.506 e. The lowest BCUT2D eigenvalue weighted by Gasteiger charge is -2.33. The second-order valence-corrected chi connectivity index (χ2v) is 7.55. The van der Waals surface area contributed by atoms with Gasteiger partial charge in [0.05, 0.1) is 18.6 Å². The van der Waals surface area contributed by atoms with Gasteiger partial charge in [0.1, 0.15) is 24.2 Å². The molecule has 2 aromatic carbocycles. The van der Waals surface area contributed by atoms with Gasteiger partial charge in [-0.25, -0.2) is 0 Å². The van der Waals surface area contributed by atoms with Crippen LogP contribution in [0, 0.1) is 21.4 Å². The third-order valence-electron chi connectivity index (χ3n) is 5.39. The van der Waals surface area contributed by atoms with Gasteiger partial charge in [-0.3, -0.25) is 14.9 Å². The summed E-state index contributed by atoms with van der Waals surface area (Å²) in [6, 6.07) is 11.2. The number of phenolic OH excluding ortho intramolecular Hbond substituents is 1. The van der Waals surface area contributed by atoms with Crippen LogP contribution < -0.4 is 14.4 Å². The summed E-state index contributed by atoms with van der Waals surface area (Å²) in [5, 5.41) is 41.1. The summed E-state index contributed by atoms with van der Waals surface area (Å²) in [4.78, 5) is 26.5. The normalized spacial score (nSPS) is 13.3. The van der Waals surface area contributed by atoms with E-state index in [0.717, 1.165) is 37.3 Å². The summed E-state index contributed by atoms with van der Waals surface area (Å²) >= 11 is 0. The number of hydrogen-bond donors (Lipinski definition) is 2. The quantitative estimate of drug-likeness (QED) is 0.186. The molecule has 0 bridgehead atoms. The summed E-state index contributed by atoms with van der Waals surface area (Å²) in [6.07, 6.45) is 1.16. The molecule has 0 aromatic heterocycles. The third-order valence-corrected chi connectivity index (χ3v) is 5.39. The summed E-state index contributed by atoms with van der Waals surface area (Å²) in [7, 11) is 2.61. The number of nitro groups is 1. The van der Waals surface area contributed by atoms with Gasteiger partial charge in [-0.2, -0.15) is 5.26 Å². The standard InChI is InChI=1S/C23H24N4O7/c1-25(9-10-34-17-6-3-5-16(13-17)26-7-4-8-26)23(30)18(14-24)21(28)15-11-19(27(31)32)22(29)20(12-15)33-2/h3,5-6,11-13,28-29H,4,7-10H2,1-2H3/b21-18-. The van der Waals surface area contributed by atoms with Crippen molar-refractivity contribution in [2.24, 2.45) is 0 Å². The van der Waals surface area contributed by atoms with Crippen LogP contribution in [-0.2, 0) is 4.79 Å². The zero-order valence-corrected chi connectivity index (χ0v) is 18.7. The van der Waals surface area contributed by atoms with E-state index < -0.39 is 33.6 Å². The van der Waals surface area contributed by atoms with E-state index in [4.69, 9.17) is 9.47 Å².